The van der Waals surface area contributed by atoms with Crippen molar-refractivity contribution >= 4 is 17.8 Å². The smallest absolute Gasteiger partial charge is 0.241 e. The highest BCUT2D eigenvalue weighted by Gasteiger charge is 2.18. The van der Waals surface area contributed by atoms with Crippen molar-refractivity contribution in [2.75, 3.05) is 51.8 Å². The van der Waals surface area contributed by atoms with E-state index in [1.54, 1.807) is 25.1 Å². The van der Waals surface area contributed by atoms with Gasteiger partial charge in [-0.2, -0.15) is 10.2 Å². The van der Waals surface area contributed by atoms with Crippen molar-refractivity contribution in [1.82, 2.24) is 20.1 Å². The number of hydrogen-bond donors (Lipinski definition) is 1. The van der Waals surface area contributed by atoms with Crippen LogP contribution < -0.4 is 19.8 Å². The summed E-state index contributed by atoms with van der Waals surface area (Å²) in [5.41, 5.74) is 7.16. The molecule has 4 aromatic rings. The van der Waals surface area contributed by atoms with Gasteiger partial charge in [0.1, 0.15) is 5.69 Å². The van der Waals surface area contributed by atoms with E-state index in [1.807, 2.05) is 60.8 Å². The normalized spacial score (nSPS) is 13.9. The van der Waals surface area contributed by atoms with E-state index in [0.29, 0.717) is 30.2 Å². The van der Waals surface area contributed by atoms with E-state index < -0.39 is 0 Å². The third kappa shape index (κ3) is 6.50. The maximum absolute atomic E-state index is 12.6. The molecule has 2 heterocycles. The minimum atomic E-state index is -0.121. The summed E-state index contributed by atoms with van der Waals surface area (Å²) >= 11 is 0. The summed E-state index contributed by atoms with van der Waals surface area (Å²) in [7, 11) is 3.21. The van der Waals surface area contributed by atoms with E-state index in [1.165, 1.54) is 5.69 Å². The first-order valence-electron chi connectivity index (χ1n) is 13.4. The molecule has 0 radical (unpaired) electrons. The first kappa shape index (κ1) is 27.0. The fourth-order valence-corrected chi connectivity index (χ4v) is 4.76. The average molecular weight is 539 g/mol. The SMILES string of the molecule is COc1ccc(-c2nn(-c3ccccc3)cc2/C=N/NC(=O)CCN2CCN(c3ccccc3)CC2)cc1OC. The number of hydrazone groups is 1. The molecule has 9 nitrogen and oxygen atoms in total. The maximum atomic E-state index is 12.6. The fraction of sp³-hybridized carbons (Fsp3) is 0.258. The van der Waals surface area contributed by atoms with Gasteiger partial charge in [0.05, 0.1) is 26.1 Å². The van der Waals surface area contributed by atoms with Crippen LogP contribution in [0, 0.1) is 0 Å². The van der Waals surface area contributed by atoms with Gasteiger partial charge in [0.2, 0.25) is 5.91 Å². The van der Waals surface area contributed by atoms with Crippen LogP contribution in [0.3, 0.4) is 0 Å². The molecule has 9 heteroatoms. The highest BCUT2D eigenvalue weighted by molar-refractivity contribution is 5.90. The molecule has 0 bridgehead atoms. The number of hydrogen-bond acceptors (Lipinski definition) is 7. The second kappa shape index (κ2) is 12.9. The van der Waals surface area contributed by atoms with Crippen LogP contribution in [0.5, 0.6) is 11.5 Å². The zero-order chi connectivity index (χ0) is 27.7. The van der Waals surface area contributed by atoms with Crippen LogP contribution in [0.4, 0.5) is 5.69 Å². The highest BCUT2D eigenvalue weighted by Crippen LogP contribution is 2.33. The van der Waals surface area contributed by atoms with Gasteiger partial charge in [0, 0.05) is 62.2 Å². The first-order valence-corrected chi connectivity index (χ1v) is 13.4. The molecule has 0 saturated carbocycles. The third-order valence-corrected chi connectivity index (χ3v) is 6.96. The zero-order valence-corrected chi connectivity index (χ0v) is 22.9. The lowest BCUT2D eigenvalue weighted by Crippen LogP contribution is -2.47. The summed E-state index contributed by atoms with van der Waals surface area (Å²) in [5, 5.41) is 9.08. The summed E-state index contributed by atoms with van der Waals surface area (Å²) in [6.45, 7) is 4.46. The van der Waals surface area contributed by atoms with Crippen LogP contribution in [0.15, 0.2) is 90.2 Å². The summed E-state index contributed by atoms with van der Waals surface area (Å²) in [4.78, 5) is 17.3. The molecule has 1 aliphatic rings. The molecule has 1 saturated heterocycles. The monoisotopic (exact) mass is 538 g/mol. The van der Waals surface area contributed by atoms with Crippen LogP contribution in [-0.4, -0.2) is 73.7 Å². The van der Waals surface area contributed by atoms with Gasteiger partial charge in [-0.3, -0.25) is 9.69 Å². The Bertz CT molecular complexity index is 1430. The first-order chi connectivity index (χ1) is 19.6. The summed E-state index contributed by atoms with van der Waals surface area (Å²) in [6, 6.07) is 25.9. The van der Waals surface area contributed by atoms with Gasteiger partial charge in [-0.1, -0.05) is 36.4 Å². The number of benzene rings is 3. The number of carbonyl (C=O) groups is 1. The van der Waals surface area contributed by atoms with Crippen molar-refractivity contribution < 1.29 is 14.3 Å². The number of rotatable bonds is 10. The standard InChI is InChI=1S/C31H34N6O3/c1-39-28-14-13-24(21-29(28)40-2)31-25(23-37(34-31)27-11-7-4-8-12-27)22-32-33-30(38)15-16-35-17-19-36(20-18-35)26-9-5-3-6-10-26/h3-14,21-23H,15-20H2,1-2H3,(H,33,38)/b32-22+. The van der Waals surface area contributed by atoms with Crippen LogP contribution in [-0.2, 0) is 4.79 Å². The number of anilines is 1. The summed E-state index contributed by atoms with van der Waals surface area (Å²) < 4.78 is 12.7. The van der Waals surface area contributed by atoms with Crippen molar-refractivity contribution in [2.45, 2.75) is 6.42 Å². The Morgan fingerprint density at radius 3 is 2.25 bits per heavy atom. The molecule has 0 atom stereocenters. The topological polar surface area (TPSA) is 84.2 Å². The molecule has 1 aliphatic heterocycles. The van der Waals surface area contributed by atoms with Gasteiger partial charge in [0.25, 0.3) is 0 Å². The quantitative estimate of drug-likeness (QED) is 0.241. The Kier molecular flexibility index (Phi) is 8.73. The predicted octanol–water partition coefficient (Wildman–Crippen LogP) is 4.22. The lowest BCUT2D eigenvalue weighted by atomic mass is 10.1. The lowest BCUT2D eigenvalue weighted by molar-refractivity contribution is -0.121. The van der Waals surface area contributed by atoms with E-state index in [9.17, 15) is 4.79 Å². The van der Waals surface area contributed by atoms with Crippen LogP contribution >= 0.6 is 0 Å². The Morgan fingerprint density at radius 1 is 0.900 bits per heavy atom. The number of methoxy groups -OCH3 is 2. The number of nitrogens with one attached hydrogen (secondary N) is 1. The van der Waals surface area contributed by atoms with E-state index in [4.69, 9.17) is 14.6 Å². The molecule has 1 fully saturated rings. The molecule has 0 unspecified atom stereocenters. The van der Waals surface area contributed by atoms with E-state index in [-0.39, 0.29) is 5.91 Å². The number of ether oxygens (including phenoxy) is 2. The van der Waals surface area contributed by atoms with Crippen LogP contribution in [0.25, 0.3) is 16.9 Å². The Hall–Kier alpha value is -4.63. The molecule has 5 rings (SSSR count). The number of piperazine rings is 1. The minimum Gasteiger partial charge on any atom is -0.493 e. The second-order valence-electron chi connectivity index (χ2n) is 9.49. The van der Waals surface area contributed by atoms with E-state index in [2.05, 4.69) is 44.6 Å². The number of nitrogens with zero attached hydrogens (tertiary/aromatic N) is 5. The average Bonchev–Trinajstić information content (AvgIpc) is 3.45. The molecule has 206 valence electrons. The molecular weight excluding hydrogens is 504 g/mol. The number of amides is 1. The van der Waals surface area contributed by atoms with Gasteiger partial charge in [-0.15, -0.1) is 0 Å². The van der Waals surface area contributed by atoms with Gasteiger partial charge in [0.15, 0.2) is 11.5 Å². The molecule has 40 heavy (non-hydrogen) atoms. The lowest BCUT2D eigenvalue weighted by Gasteiger charge is -2.36. The minimum absolute atomic E-state index is 0.121. The summed E-state index contributed by atoms with van der Waals surface area (Å²) in [5.74, 6) is 1.12. The van der Waals surface area contributed by atoms with Crippen molar-refractivity contribution in [1.29, 1.82) is 0 Å². The zero-order valence-electron chi connectivity index (χ0n) is 22.9. The van der Waals surface area contributed by atoms with Crippen LogP contribution in [0.2, 0.25) is 0 Å². The number of para-hydroxylation sites is 2. The van der Waals surface area contributed by atoms with Crippen molar-refractivity contribution in [3.05, 3.63) is 90.6 Å². The fourth-order valence-electron chi connectivity index (χ4n) is 4.76. The third-order valence-electron chi connectivity index (χ3n) is 6.96. The second-order valence-corrected chi connectivity index (χ2v) is 9.49. The molecule has 0 spiro atoms. The number of aromatic nitrogens is 2. The maximum Gasteiger partial charge on any atom is 0.241 e. The highest BCUT2D eigenvalue weighted by atomic mass is 16.5. The van der Waals surface area contributed by atoms with Crippen molar-refractivity contribution in [3.63, 3.8) is 0 Å². The van der Waals surface area contributed by atoms with E-state index in [0.717, 1.165) is 43.0 Å². The molecule has 0 aliphatic carbocycles. The molecule has 1 aromatic heterocycles. The largest absolute Gasteiger partial charge is 0.493 e. The van der Waals surface area contributed by atoms with Gasteiger partial charge < -0.3 is 14.4 Å². The van der Waals surface area contributed by atoms with Crippen molar-refractivity contribution in [2.24, 2.45) is 5.10 Å². The van der Waals surface area contributed by atoms with Gasteiger partial charge >= 0.3 is 0 Å². The van der Waals surface area contributed by atoms with E-state index >= 15 is 0 Å². The van der Waals surface area contributed by atoms with Gasteiger partial charge in [-0.25, -0.2) is 10.1 Å². The Labute approximate surface area is 234 Å². The molecule has 1 amide bonds. The predicted molar refractivity (Wildman–Crippen MR) is 158 cm³/mol. The van der Waals surface area contributed by atoms with Crippen LogP contribution in [0.1, 0.15) is 12.0 Å². The molecular formula is C31H34N6O3. The molecule has 1 N–H and O–H groups in total. The Morgan fingerprint density at radius 2 is 1.57 bits per heavy atom. The Balaban J connectivity index is 1.22. The summed E-state index contributed by atoms with van der Waals surface area (Å²) in [6.07, 6.45) is 3.91. The van der Waals surface area contributed by atoms with Crippen molar-refractivity contribution in [3.8, 4) is 28.4 Å². The number of carbonyl (C=O) groups excluding carboxylic acids is 1. The van der Waals surface area contributed by atoms with Gasteiger partial charge in [-0.05, 0) is 42.5 Å². The molecule has 3 aromatic carbocycles.